The van der Waals surface area contributed by atoms with Crippen molar-refractivity contribution in [1.82, 2.24) is 24.9 Å². The van der Waals surface area contributed by atoms with Crippen LogP contribution >= 0.6 is 7.75 Å². The number of benzene rings is 2. The van der Waals surface area contributed by atoms with E-state index in [-0.39, 0.29) is 36.4 Å². The standard InChI is InChI=1S/C45H60F2N7O7P/c1-11-34-36(47)16-15-31-21-33(61-62(57,60-29(5)6)51-30(7)42(56)59-28(3)4)22-38(40(31)34)54-20-17-35-37(25-54)49-43(58-27-44(8)23-32(46)24-52(44)9)50-41(35)48-26-45(18-13-14-19-45)53(10)39(55)12-2/h1,12,15-16,21-22,28-30,32H,2,13-14,17-20,23-27H2,3-10H3,(H,51,57)(H,48,49,50)/t30-,32+,44-,62?/m0/s1. The van der Waals surface area contributed by atoms with E-state index < -0.39 is 55.0 Å². The van der Waals surface area contributed by atoms with E-state index in [1.807, 2.05) is 23.8 Å². The van der Waals surface area contributed by atoms with Crippen LogP contribution in [-0.2, 0) is 36.4 Å². The number of ether oxygens (including phenoxy) is 2. The number of halogens is 2. The molecule has 2 aliphatic heterocycles. The Bertz CT molecular complexity index is 2270. The van der Waals surface area contributed by atoms with Crippen LogP contribution in [-0.4, -0.2) is 107 Å². The van der Waals surface area contributed by atoms with Crippen LogP contribution < -0.4 is 24.6 Å². The van der Waals surface area contributed by atoms with E-state index in [1.165, 1.54) is 19.1 Å². The minimum atomic E-state index is -4.24. The third kappa shape index (κ3) is 10.2. The van der Waals surface area contributed by atoms with E-state index >= 15 is 4.39 Å². The minimum Gasteiger partial charge on any atom is -0.462 e. The normalized spacial score (nSPS) is 21.3. The van der Waals surface area contributed by atoms with Crippen LogP contribution in [0.25, 0.3) is 10.8 Å². The summed E-state index contributed by atoms with van der Waals surface area (Å²) in [6.07, 6.45) is 9.61. The molecule has 4 atom stereocenters. The van der Waals surface area contributed by atoms with Crippen LogP contribution in [0, 0.1) is 18.2 Å². The second kappa shape index (κ2) is 18.9. The zero-order valence-electron chi connectivity index (χ0n) is 37.1. The number of aromatic nitrogens is 2. The highest BCUT2D eigenvalue weighted by Gasteiger charge is 2.42. The van der Waals surface area contributed by atoms with Crippen molar-refractivity contribution in [2.24, 2.45) is 0 Å². The predicted octanol–water partition coefficient (Wildman–Crippen LogP) is 7.33. The molecule has 3 aliphatic rings. The molecule has 2 N–H and O–H groups in total. The summed E-state index contributed by atoms with van der Waals surface area (Å²) in [5.41, 5.74) is 0.936. The van der Waals surface area contributed by atoms with Gasteiger partial charge in [-0.15, -0.1) is 6.42 Å². The predicted molar refractivity (Wildman–Crippen MR) is 236 cm³/mol. The highest BCUT2D eigenvalue weighted by molar-refractivity contribution is 7.52. The first-order valence-corrected chi connectivity index (χ1v) is 22.8. The second-order valence-electron chi connectivity index (χ2n) is 17.5. The van der Waals surface area contributed by atoms with Crippen molar-refractivity contribution in [2.75, 3.05) is 50.6 Å². The molecule has 6 rings (SSSR count). The van der Waals surface area contributed by atoms with E-state index in [0.717, 1.165) is 31.2 Å². The first kappa shape index (κ1) is 46.7. The Kier molecular flexibility index (Phi) is 14.2. The van der Waals surface area contributed by atoms with Crippen LogP contribution in [0.2, 0.25) is 0 Å². The van der Waals surface area contributed by atoms with E-state index in [4.69, 9.17) is 34.9 Å². The van der Waals surface area contributed by atoms with E-state index in [2.05, 4.69) is 22.9 Å². The van der Waals surface area contributed by atoms with Crippen LogP contribution in [0.5, 0.6) is 11.8 Å². The summed E-state index contributed by atoms with van der Waals surface area (Å²) in [5.74, 6) is 1.80. The molecule has 336 valence electrons. The maximum absolute atomic E-state index is 15.5. The van der Waals surface area contributed by atoms with Crippen molar-refractivity contribution < 1.29 is 41.5 Å². The summed E-state index contributed by atoms with van der Waals surface area (Å²) < 4.78 is 68.0. The zero-order chi connectivity index (χ0) is 45.1. The van der Waals surface area contributed by atoms with Crippen LogP contribution in [0.15, 0.2) is 36.9 Å². The number of fused-ring (bicyclic) bond motifs is 2. The summed E-state index contributed by atoms with van der Waals surface area (Å²) in [6, 6.07) is 5.10. The van der Waals surface area contributed by atoms with Crippen molar-refractivity contribution in [2.45, 2.75) is 122 Å². The molecule has 17 heteroatoms. The number of amides is 1. The quantitative estimate of drug-likeness (QED) is 0.0604. The highest BCUT2D eigenvalue weighted by Crippen LogP contribution is 2.49. The fourth-order valence-electron chi connectivity index (χ4n) is 8.66. The molecular formula is C45H60F2N7O7P. The number of esters is 1. The van der Waals surface area contributed by atoms with Gasteiger partial charge in [0.25, 0.3) is 0 Å². The van der Waals surface area contributed by atoms with E-state index in [0.29, 0.717) is 60.4 Å². The molecule has 3 heterocycles. The zero-order valence-corrected chi connectivity index (χ0v) is 38.0. The average Bonchev–Trinajstić information content (AvgIpc) is 3.80. The van der Waals surface area contributed by atoms with Gasteiger partial charge in [0, 0.05) is 50.1 Å². The SMILES string of the molecule is C#Cc1c(F)ccc2cc(OP(=O)(N[C@@H](C)C(=O)OC(C)C)OC(C)C)cc(N3CCc4c(nc(OC[C@]5(C)C[C@@H](F)CN5C)nc4NCC4(N(C)C(=O)C=C)CCCC4)C3)c12. The molecule has 0 radical (unpaired) electrons. The number of nitrogens with one attached hydrogen (secondary N) is 2. The molecule has 1 amide bonds. The topological polar surface area (TPSA) is 148 Å². The number of carbonyl (C=O) groups is 2. The lowest BCUT2D eigenvalue weighted by atomic mass is 9.94. The summed E-state index contributed by atoms with van der Waals surface area (Å²) in [4.78, 5) is 41.1. The van der Waals surface area contributed by atoms with Gasteiger partial charge in [0.1, 0.15) is 36.2 Å². The molecule has 1 aliphatic carbocycles. The summed E-state index contributed by atoms with van der Waals surface area (Å²) in [6.45, 7) is 15.4. The average molecular weight is 880 g/mol. The first-order chi connectivity index (χ1) is 29.3. The van der Waals surface area contributed by atoms with Gasteiger partial charge >= 0.3 is 19.7 Å². The molecule has 1 saturated carbocycles. The molecule has 3 aromatic rings. The van der Waals surface area contributed by atoms with Crippen molar-refractivity contribution in [3.8, 4) is 24.1 Å². The highest BCUT2D eigenvalue weighted by atomic mass is 31.2. The largest absolute Gasteiger partial charge is 0.462 e. The van der Waals surface area contributed by atoms with Crippen LogP contribution in [0.4, 0.5) is 20.3 Å². The molecule has 2 fully saturated rings. The van der Waals surface area contributed by atoms with Crippen molar-refractivity contribution in [3.05, 3.63) is 59.6 Å². The third-order valence-electron chi connectivity index (χ3n) is 12.1. The minimum absolute atomic E-state index is 0.0360. The molecule has 0 spiro atoms. The number of alkyl halides is 1. The Labute approximate surface area is 363 Å². The van der Waals surface area contributed by atoms with Crippen molar-refractivity contribution in [3.63, 3.8) is 0 Å². The lowest BCUT2D eigenvalue weighted by Gasteiger charge is -2.39. The van der Waals surface area contributed by atoms with Gasteiger partial charge in [0.15, 0.2) is 0 Å². The molecule has 0 bridgehead atoms. The van der Waals surface area contributed by atoms with Gasteiger partial charge in [-0.1, -0.05) is 31.4 Å². The number of terminal acetylenes is 1. The Balaban J connectivity index is 1.39. The number of likely N-dealkylation sites (N-methyl/N-ethyl adjacent to an activating group) is 2. The Hall–Kier alpha value is -4.81. The van der Waals surface area contributed by atoms with Gasteiger partial charge in [-0.05, 0) is 91.4 Å². The molecule has 1 unspecified atom stereocenters. The van der Waals surface area contributed by atoms with Gasteiger partial charge < -0.3 is 29.1 Å². The van der Waals surface area contributed by atoms with Crippen molar-refractivity contribution in [1.29, 1.82) is 0 Å². The Morgan fingerprint density at radius 3 is 2.52 bits per heavy atom. The third-order valence-corrected chi connectivity index (χ3v) is 13.9. The number of likely N-dealkylation sites (tertiary alicyclic amines) is 1. The molecule has 14 nitrogen and oxygen atoms in total. The van der Waals surface area contributed by atoms with Gasteiger partial charge in [-0.3, -0.25) is 19.0 Å². The molecular weight excluding hydrogens is 820 g/mol. The van der Waals surface area contributed by atoms with Gasteiger partial charge in [0.05, 0.1) is 46.8 Å². The number of anilines is 2. The summed E-state index contributed by atoms with van der Waals surface area (Å²) in [5, 5.41) is 7.23. The number of nitrogens with zero attached hydrogens (tertiary/aromatic N) is 5. The van der Waals surface area contributed by atoms with E-state index in [9.17, 15) is 18.5 Å². The number of hydrogen-bond donors (Lipinski definition) is 2. The van der Waals surface area contributed by atoms with Crippen molar-refractivity contribution >= 4 is 41.9 Å². The molecule has 1 aromatic heterocycles. The number of rotatable bonds is 17. The summed E-state index contributed by atoms with van der Waals surface area (Å²) >= 11 is 0. The second-order valence-corrected chi connectivity index (χ2v) is 19.1. The van der Waals surface area contributed by atoms with Gasteiger partial charge in [-0.25, -0.2) is 13.3 Å². The lowest BCUT2D eigenvalue weighted by molar-refractivity contribution is -0.149. The summed E-state index contributed by atoms with van der Waals surface area (Å²) in [7, 11) is -0.571. The smallest absolute Gasteiger partial charge is 0.459 e. The van der Waals surface area contributed by atoms with E-state index in [1.54, 1.807) is 57.8 Å². The van der Waals surface area contributed by atoms with Gasteiger partial charge in [0.2, 0.25) is 5.91 Å². The van der Waals surface area contributed by atoms with Crippen LogP contribution in [0.1, 0.15) is 90.5 Å². The van der Waals surface area contributed by atoms with Gasteiger partial charge in [-0.2, -0.15) is 15.1 Å². The molecule has 1 saturated heterocycles. The fourth-order valence-corrected chi connectivity index (χ4v) is 10.3. The molecule has 62 heavy (non-hydrogen) atoms. The Morgan fingerprint density at radius 1 is 1.16 bits per heavy atom. The monoisotopic (exact) mass is 879 g/mol. The number of carbonyl (C=O) groups excluding carboxylic acids is 2. The van der Waals surface area contributed by atoms with Crippen LogP contribution in [0.3, 0.4) is 0 Å². The Morgan fingerprint density at radius 2 is 1.89 bits per heavy atom. The lowest BCUT2D eigenvalue weighted by Crippen LogP contribution is -2.51. The maximum atomic E-state index is 15.5. The first-order valence-electron chi connectivity index (χ1n) is 21.3. The number of hydrogen-bond acceptors (Lipinski definition) is 12. The maximum Gasteiger partial charge on any atom is 0.459 e. The fraction of sp³-hybridized carbons (Fsp3) is 0.556. The molecule has 2 aromatic carbocycles.